The SMILES string of the molecule is CCCNC(=O)CN(C)[C@@H](C)C(=O)Nc1ccccc1C#N. The first-order valence-corrected chi connectivity index (χ1v) is 7.26. The Morgan fingerprint density at radius 2 is 2.05 bits per heavy atom. The van der Waals surface area contributed by atoms with Crippen molar-refractivity contribution < 1.29 is 9.59 Å². The van der Waals surface area contributed by atoms with Gasteiger partial charge in [0.25, 0.3) is 0 Å². The second-order valence-electron chi connectivity index (χ2n) is 5.09. The summed E-state index contributed by atoms with van der Waals surface area (Å²) >= 11 is 0. The summed E-state index contributed by atoms with van der Waals surface area (Å²) in [6.07, 6.45) is 0.871. The molecule has 0 fully saturated rings. The number of para-hydroxylation sites is 1. The fraction of sp³-hybridized carbons (Fsp3) is 0.438. The van der Waals surface area contributed by atoms with Crippen molar-refractivity contribution in [2.24, 2.45) is 0 Å². The molecule has 0 saturated carbocycles. The monoisotopic (exact) mass is 302 g/mol. The van der Waals surface area contributed by atoms with Crippen molar-refractivity contribution >= 4 is 17.5 Å². The van der Waals surface area contributed by atoms with E-state index in [1.807, 2.05) is 13.0 Å². The molecule has 0 heterocycles. The van der Waals surface area contributed by atoms with Crippen LogP contribution < -0.4 is 10.6 Å². The van der Waals surface area contributed by atoms with Gasteiger partial charge in [-0.1, -0.05) is 19.1 Å². The average molecular weight is 302 g/mol. The molecule has 0 spiro atoms. The number of amides is 2. The number of rotatable bonds is 7. The second kappa shape index (κ2) is 8.80. The van der Waals surface area contributed by atoms with E-state index in [-0.39, 0.29) is 18.4 Å². The standard InChI is InChI=1S/C16H22N4O2/c1-4-9-18-15(21)11-20(3)12(2)16(22)19-14-8-6-5-7-13(14)10-17/h5-8,12H,4,9,11H2,1-3H3,(H,18,21)(H,19,22)/t12-/m0/s1. The number of nitrogens with one attached hydrogen (secondary N) is 2. The summed E-state index contributed by atoms with van der Waals surface area (Å²) in [5.74, 6) is -0.366. The summed E-state index contributed by atoms with van der Waals surface area (Å²) in [6, 6.07) is 8.35. The Kier molecular flexibility index (Phi) is 7.06. The number of nitrogens with zero attached hydrogens (tertiary/aromatic N) is 2. The predicted octanol–water partition coefficient (Wildman–Crippen LogP) is 1.34. The molecule has 1 atom stereocenters. The Morgan fingerprint density at radius 3 is 2.68 bits per heavy atom. The van der Waals surface area contributed by atoms with Gasteiger partial charge in [-0.2, -0.15) is 5.26 Å². The predicted molar refractivity (Wildman–Crippen MR) is 85.2 cm³/mol. The van der Waals surface area contributed by atoms with Crippen LogP contribution in [0.4, 0.5) is 5.69 Å². The Bertz CT molecular complexity index is 566. The minimum absolute atomic E-state index is 0.110. The molecule has 0 aliphatic rings. The highest BCUT2D eigenvalue weighted by Crippen LogP contribution is 2.14. The molecule has 0 saturated heterocycles. The third-order valence-electron chi connectivity index (χ3n) is 3.31. The molecule has 6 nitrogen and oxygen atoms in total. The number of hydrogen-bond donors (Lipinski definition) is 2. The molecule has 1 rings (SSSR count). The molecule has 0 aliphatic heterocycles. The van der Waals surface area contributed by atoms with E-state index in [1.165, 1.54) is 0 Å². The molecule has 2 N–H and O–H groups in total. The molecule has 1 aromatic rings. The van der Waals surface area contributed by atoms with Crippen LogP contribution in [0.25, 0.3) is 0 Å². The van der Waals surface area contributed by atoms with Crippen molar-refractivity contribution in [2.45, 2.75) is 26.3 Å². The lowest BCUT2D eigenvalue weighted by molar-refractivity contribution is -0.124. The van der Waals surface area contributed by atoms with Crippen LogP contribution in [0.3, 0.4) is 0 Å². The van der Waals surface area contributed by atoms with E-state index in [0.717, 1.165) is 6.42 Å². The van der Waals surface area contributed by atoms with Crippen molar-refractivity contribution in [3.8, 4) is 6.07 Å². The quantitative estimate of drug-likeness (QED) is 0.796. The number of carbonyl (C=O) groups is 2. The van der Waals surface area contributed by atoms with Crippen LogP contribution in [0.15, 0.2) is 24.3 Å². The number of hydrogen-bond acceptors (Lipinski definition) is 4. The fourth-order valence-corrected chi connectivity index (χ4v) is 1.81. The first-order chi connectivity index (χ1) is 10.5. The minimum Gasteiger partial charge on any atom is -0.355 e. The molecule has 118 valence electrons. The van der Waals surface area contributed by atoms with E-state index in [9.17, 15) is 9.59 Å². The number of nitriles is 1. The molecule has 0 radical (unpaired) electrons. The Balaban J connectivity index is 2.61. The lowest BCUT2D eigenvalue weighted by Gasteiger charge is -2.23. The summed E-state index contributed by atoms with van der Waals surface area (Å²) in [5.41, 5.74) is 0.886. The lowest BCUT2D eigenvalue weighted by atomic mass is 10.2. The normalized spacial score (nSPS) is 11.6. The number of benzene rings is 1. The maximum Gasteiger partial charge on any atom is 0.241 e. The van der Waals surface area contributed by atoms with Gasteiger partial charge < -0.3 is 10.6 Å². The van der Waals surface area contributed by atoms with Gasteiger partial charge in [0.15, 0.2) is 0 Å². The van der Waals surface area contributed by atoms with E-state index in [0.29, 0.717) is 17.8 Å². The Labute approximate surface area is 131 Å². The van der Waals surface area contributed by atoms with Gasteiger partial charge >= 0.3 is 0 Å². The fourth-order valence-electron chi connectivity index (χ4n) is 1.81. The molecule has 6 heteroatoms. The van der Waals surface area contributed by atoms with Crippen molar-refractivity contribution in [3.63, 3.8) is 0 Å². The molecule has 0 unspecified atom stereocenters. The van der Waals surface area contributed by atoms with Gasteiger partial charge in [0.05, 0.1) is 23.8 Å². The number of carbonyl (C=O) groups excluding carboxylic acids is 2. The third kappa shape index (κ3) is 5.19. The van der Waals surface area contributed by atoms with Crippen LogP contribution in [-0.4, -0.2) is 42.9 Å². The summed E-state index contributed by atoms with van der Waals surface area (Å²) in [6.45, 7) is 4.47. The summed E-state index contributed by atoms with van der Waals surface area (Å²) < 4.78 is 0. The molecule has 2 amide bonds. The molecule has 0 bridgehead atoms. The topological polar surface area (TPSA) is 85.2 Å². The second-order valence-corrected chi connectivity index (χ2v) is 5.09. The van der Waals surface area contributed by atoms with Crippen molar-refractivity contribution in [3.05, 3.63) is 29.8 Å². The van der Waals surface area contributed by atoms with Gasteiger partial charge in [0.1, 0.15) is 6.07 Å². The van der Waals surface area contributed by atoms with Gasteiger partial charge in [-0.3, -0.25) is 14.5 Å². The van der Waals surface area contributed by atoms with Gasteiger partial charge in [-0.05, 0) is 32.5 Å². The van der Waals surface area contributed by atoms with E-state index in [2.05, 4.69) is 10.6 Å². The van der Waals surface area contributed by atoms with Crippen LogP contribution in [0.2, 0.25) is 0 Å². The zero-order valence-electron chi connectivity index (χ0n) is 13.2. The Hall–Kier alpha value is -2.39. The largest absolute Gasteiger partial charge is 0.355 e. The van der Waals surface area contributed by atoms with Crippen molar-refractivity contribution in [1.29, 1.82) is 5.26 Å². The first kappa shape index (κ1) is 17.7. The molecular weight excluding hydrogens is 280 g/mol. The highest BCUT2D eigenvalue weighted by molar-refractivity contribution is 5.96. The summed E-state index contributed by atoms with van der Waals surface area (Å²) in [4.78, 5) is 25.6. The van der Waals surface area contributed by atoms with Gasteiger partial charge in [0.2, 0.25) is 11.8 Å². The van der Waals surface area contributed by atoms with E-state index < -0.39 is 6.04 Å². The average Bonchev–Trinajstić information content (AvgIpc) is 2.52. The smallest absolute Gasteiger partial charge is 0.241 e. The van der Waals surface area contributed by atoms with Crippen LogP contribution in [0.5, 0.6) is 0 Å². The van der Waals surface area contributed by atoms with Gasteiger partial charge in [-0.25, -0.2) is 0 Å². The minimum atomic E-state index is -0.487. The van der Waals surface area contributed by atoms with E-state index in [1.54, 1.807) is 43.1 Å². The highest BCUT2D eigenvalue weighted by atomic mass is 16.2. The zero-order chi connectivity index (χ0) is 16.5. The van der Waals surface area contributed by atoms with Crippen molar-refractivity contribution in [2.75, 3.05) is 25.5 Å². The summed E-state index contributed by atoms with van der Waals surface area (Å²) in [7, 11) is 1.71. The van der Waals surface area contributed by atoms with Crippen LogP contribution in [-0.2, 0) is 9.59 Å². The maximum atomic E-state index is 12.2. The lowest BCUT2D eigenvalue weighted by Crippen LogP contribution is -2.45. The van der Waals surface area contributed by atoms with E-state index >= 15 is 0 Å². The molecule has 0 aliphatic carbocycles. The molecule has 1 aromatic carbocycles. The van der Waals surface area contributed by atoms with Gasteiger partial charge in [-0.15, -0.1) is 0 Å². The third-order valence-corrected chi connectivity index (χ3v) is 3.31. The van der Waals surface area contributed by atoms with E-state index in [4.69, 9.17) is 5.26 Å². The number of anilines is 1. The maximum absolute atomic E-state index is 12.2. The van der Waals surface area contributed by atoms with Crippen LogP contribution in [0.1, 0.15) is 25.8 Å². The summed E-state index contributed by atoms with van der Waals surface area (Å²) in [5, 5.41) is 14.5. The van der Waals surface area contributed by atoms with Gasteiger partial charge in [0, 0.05) is 6.54 Å². The Morgan fingerprint density at radius 1 is 1.36 bits per heavy atom. The molecular formula is C16H22N4O2. The molecule has 0 aromatic heterocycles. The highest BCUT2D eigenvalue weighted by Gasteiger charge is 2.20. The number of likely N-dealkylation sites (N-methyl/N-ethyl adjacent to an activating group) is 1. The zero-order valence-corrected chi connectivity index (χ0v) is 13.2. The van der Waals surface area contributed by atoms with Crippen LogP contribution >= 0.6 is 0 Å². The molecule has 22 heavy (non-hydrogen) atoms. The first-order valence-electron chi connectivity index (χ1n) is 7.26. The van der Waals surface area contributed by atoms with Crippen molar-refractivity contribution in [1.82, 2.24) is 10.2 Å². The van der Waals surface area contributed by atoms with Crippen LogP contribution in [0, 0.1) is 11.3 Å².